The molecule has 0 radical (unpaired) electrons. The molecule has 0 aliphatic rings. The van der Waals surface area contributed by atoms with Crippen LogP contribution in [0.15, 0.2) is 39.9 Å². The Hall–Kier alpha value is -2.13. The highest BCUT2D eigenvalue weighted by Gasteiger charge is 2.05. The molecule has 19 heavy (non-hydrogen) atoms. The predicted molar refractivity (Wildman–Crippen MR) is 73.0 cm³/mol. The Labute approximate surface area is 117 Å². The van der Waals surface area contributed by atoms with E-state index in [1.54, 1.807) is 22.9 Å². The van der Waals surface area contributed by atoms with E-state index in [4.69, 9.17) is 11.0 Å². The highest BCUT2D eigenvalue weighted by molar-refractivity contribution is 9.10. The van der Waals surface area contributed by atoms with E-state index in [-0.39, 0.29) is 16.7 Å². The van der Waals surface area contributed by atoms with Crippen LogP contribution in [-0.2, 0) is 6.54 Å². The molecule has 4 nitrogen and oxygen atoms in total. The lowest BCUT2D eigenvalue weighted by atomic mass is 10.1. The van der Waals surface area contributed by atoms with Crippen molar-refractivity contribution < 1.29 is 4.39 Å². The minimum Gasteiger partial charge on any atom is -0.394 e. The zero-order chi connectivity index (χ0) is 14.0. The van der Waals surface area contributed by atoms with Gasteiger partial charge in [-0.2, -0.15) is 5.26 Å². The molecule has 1 heterocycles. The number of nitrogen functional groups attached to an aromatic ring is 1. The quantitative estimate of drug-likeness (QED) is 0.922. The summed E-state index contributed by atoms with van der Waals surface area (Å²) in [4.78, 5) is 11.4. The Bertz CT molecular complexity index is 707. The molecule has 1 aromatic heterocycles. The van der Waals surface area contributed by atoms with E-state index < -0.39 is 5.82 Å². The fourth-order valence-electron chi connectivity index (χ4n) is 1.68. The van der Waals surface area contributed by atoms with Crippen LogP contribution in [0.4, 0.5) is 10.1 Å². The summed E-state index contributed by atoms with van der Waals surface area (Å²) in [5.74, 6) is -0.549. The first kappa shape index (κ1) is 13.3. The summed E-state index contributed by atoms with van der Waals surface area (Å²) in [6, 6.07) is 6.08. The maximum atomic E-state index is 13.2. The summed E-state index contributed by atoms with van der Waals surface area (Å²) in [5, 5.41) is 8.77. The van der Waals surface area contributed by atoms with Crippen molar-refractivity contribution >= 4 is 21.6 Å². The van der Waals surface area contributed by atoms with Crippen molar-refractivity contribution in [3.63, 3.8) is 0 Å². The van der Waals surface area contributed by atoms with Crippen LogP contribution in [0.5, 0.6) is 0 Å². The second-order valence-corrected chi connectivity index (χ2v) is 4.84. The topological polar surface area (TPSA) is 71.8 Å². The van der Waals surface area contributed by atoms with E-state index in [2.05, 4.69) is 15.9 Å². The smallest absolute Gasteiger partial charge is 0.218 e. The van der Waals surface area contributed by atoms with Gasteiger partial charge in [0.15, 0.2) is 0 Å². The fourth-order valence-corrected chi connectivity index (χ4v) is 2.17. The Balaban J connectivity index is 2.37. The Morgan fingerprint density at radius 1 is 1.42 bits per heavy atom. The van der Waals surface area contributed by atoms with Gasteiger partial charge in [0, 0.05) is 18.9 Å². The molecular formula is C13H9BrFN3O. The van der Waals surface area contributed by atoms with Gasteiger partial charge in [-0.1, -0.05) is 6.07 Å². The van der Waals surface area contributed by atoms with Crippen molar-refractivity contribution in [2.75, 3.05) is 5.73 Å². The average molecular weight is 322 g/mol. The van der Waals surface area contributed by atoms with Gasteiger partial charge in [-0.3, -0.25) is 4.79 Å². The lowest BCUT2D eigenvalue weighted by Crippen LogP contribution is -2.13. The first-order valence-corrected chi connectivity index (χ1v) is 6.14. The van der Waals surface area contributed by atoms with Gasteiger partial charge in [-0.15, -0.1) is 0 Å². The molecule has 0 bridgehead atoms. The highest BCUT2D eigenvalue weighted by atomic mass is 79.9. The van der Waals surface area contributed by atoms with Crippen molar-refractivity contribution in [3.05, 3.63) is 62.2 Å². The van der Waals surface area contributed by atoms with Gasteiger partial charge >= 0.3 is 0 Å². The van der Waals surface area contributed by atoms with Crippen LogP contribution in [-0.4, -0.2) is 4.57 Å². The fraction of sp³-hybridized carbons (Fsp3) is 0.0769. The number of rotatable bonds is 2. The van der Waals surface area contributed by atoms with Crippen molar-refractivity contribution in [2.24, 2.45) is 0 Å². The Kier molecular flexibility index (Phi) is 3.67. The zero-order valence-electron chi connectivity index (χ0n) is 9.73. The predicted octanol–water partition coefficient (Wildman–Crippen LogP) is 2.25. The third-order valence-electron chi connectivity index (χ3n) is 2.58. The number of halogens is 2. The van der Waals surface area contributed by atoms with Crippen molar-refractivity contribution in [1.29, 1.82) is 5.26 Å². The van der Waals surface area contributed by atoms with Gasteiger partial charge in [0.25, 0.3) is 0 Å². The van der Waals surface area contributed by atoms with E-state index in [0.29, 0.717) is 11.0 Å². The first-order valence-electron chi connectivity index (χ1n) is 5.35. The molecule has 2 rings (SSSR count). The summed E-state index contributed by atoms with van der Waals surface area (Å²) in [6.07, 6.45) is 3.09. The molecule has 96 valence electrons. The molecule has 0 spiro atoms. The van der Waals surface area contributed by atoms with Crippen LogP contribution in [0.1, 0.15) is 11.1 Å². The maximum Gasteiger partial charge on any atom is 0.218 e. The molecule has 2 N–H and O–H groups in total. The number of pyridine rings is 1. The summed E-state index contributed by atoms with van der Waals surface area (Å²) >= 11 is 3.12. The van der Waals surface area contributed by atoms with Gasteiger partial charge in [0.05, 0.1) is 15.7 Å². The molecule has 0 aliphatic carbocycles. The van der Waals surface area contributed by atoms with Crippen LogP contribution in [0.2, 0.25) is 0 Å². The minimum atomic E-state index is -0.549. The van der Waals surface area contributed by atoms with Crippen LogP contribution in [0.3, 0.4) is 0 Å². The molecule has 0 saturated heterocycles. The molecule has 0 aliphatic heterocycles. The second-order valence-electron chi connectivity index (χ2n) is 3.99. The number of aromatic nitrogens is 1. The summed E-state index contributed by atoms with van der Waals surface area (Å²) in [6.45, 7) is 0.387. The standard InChI is InChI=1S/C13H9BrFN3O/c14-10-6-18(7-12(17)13(10)19)5-8-1-2-11(15)9(3-8)4-16/h1-3,6-7H,5,17H2. The number of nitrogens with zero attached hydrogens (tertiary/aromatic N) is 2. The summed E-state index contributed by atoms with van der Waals surface area (Å²) < 4.78 is 15.2. The van der Waals surface area contributed by atoms with E-state index in [1.807, 2.05) is 0 Å². The lowest BCUT2D eigenvalue weighted by Gasteiger charge is -2.09. The zero-order valence-corrected chi connectivity index (χ0v) is 11.3. The number of anilines is 1. The average Bonchev–Trinajstić information content (AvgIpc) is 2.38. The molecule has 0 fully saturated rings. The lowest BCUT2D eigenvalue weighted by molar-refractivity contribution is 0.622. The number of nitriles is 1. The minimum absolute atomic E-state index is 0.00872. The van der Waals surface area contributed by atoms with E-state index in [1.165, 1.54) is 18.3 Å². The summed E-state index contributed by atoms with van der Waals surface area (Å²) in [7, 11) is 0. The monoisotopic (exact) mass is 321 g/mol. The summed E-state index contributed by atoms with van der Waals surface area (Å²) in [5.41, 5.74) is 6.17. The molecule has 1 aromatic carbocycles. The second kappa shape index (κ2) is 5.24. The van der Waals surface area contributed by atoms with Gasteiger partial charge in [0.1, 0.15) is 11.9 Å². The van der Waals surface area contributed by atoms with Gasteiger partial charge < -0.3 is 10.3 Å². The molecule has 2 aromatic rings. The number of benzene rings is 1. The normalized spacial score (nSPS) is 10.2. The van der Waals surface area contributed by atoms with E-state index in [0.717, 1.165) is 5.56 Å². The Morgan fingerprint density at radius 3 is 2.79 bits per heavy atom. The largest absolute Gasteiger partial charge is 0.394 e. The number of hydrogen-bond acceptors (Lipinski definition) is 3. The van der Waals surface area contributed by atoms with Crippen molar-refractivity contribution in [1.82, 2.24) is 4.57 Å². The van der Waals surface area contributed by atoms with Crippen LogP contribution in [0.25, 0.3) is 0 Å². The maximum absolute atomic E-state index is 13.2. The molecular weight excluding hydrogens is 313 g/mol. The Morgan fingerprint density at radius 2 is 2.16 bits per heavy atom. The van der Waals surface area contributed by atoms with Crippen molar-refractivity contribution in [2.45, 2.75) is 6.54 Å². The molecule has 0 atom stereocenters. The van der Waals surface area contributed by atoms with Gasteiger partial charge in [0.2, 0.25) is 5.43 Å². The van der Waals surface area contributed by atoms with Gasteiger partial charge in [-0.05, 0) is 33.6 Å². The highest BCUT2D eigenvalue weighted by Crippen LogP contribution is 2.13. The van der Waals surface area contributed by atoms with E-state index >= 15 is 0 Å². The molecule has 0 unspecified atom stereocenters. The molecule has 0 amide bonds. The van der Waals surface area contributed by atoms with Crippen LogP contribution >= 0.6 is 15.9 Å². The third-order valence-corrected chi connectivity index (χ3v) is 3.14. The SMILES string of the molecule is N#Cc1cc(Cn2cc(N)c(=O)c(Br)c2)ccc1F. The van der Waals surface area contributed by atoms with Crippen LogP contribution < -0.4 is 11.2 Å². The first-order chi connectivity index (χ1) is 9.01. The van der Waals surface area contributed by atoms with E-state index in [9.17, 15) is 9.18 Å². The number of nitrogens with two attached hydrogens (primary N) is 1. The molecule has 0 saturated carbocycles. The van der Waals surface area contributed by atoms with Gasteiger partial charge in [-0.25, -0.2) is 4.39 Å². The van der Waals surface area contributed by atoms with Crippen LogP contribution in [0, 0.1) is 17.1 Å². The van der Waals surface area contributed by atoms with Crippen molar-refractivity contribution in [3.8, 4) is 6.07 Å². The number of hydrogen-bond donors (Lipinski definition) is 1. The third kappa shape index (κ3) is 2.83. The molecule has 6 heteroatoms.